The molecule has 0 bridgehead atoms. The Hall–Kier alpha value is -1.36. The van der Waals surface area contributed by atoms with Gasteiger partial charge in [-0.05, 0) is 25.0 Å². The number of hydrogen-bond donors (Lipinski definition) is 0. The van der Waals surface area contributed by atoms with Crippen LogP contribution in [0, 0.1) is 0 Å². The van der Waals surface area contributed by atoms with Gasteiger partial charge in [-0.15, -0.1) is 0 Å². The van der Waals surface area contributed by atoms with Gasteiger partial charge in [-0.3, -0.25) is 4.79 Å². The number of hydrogen-bond acceptors (Lipinski definition) is 3. The molecule has 0 saturated carbocycles. The number of amides is 1. The Kier molecular flexibility index (Phi) is 2.71. The van der Waals surface area contributed by atoms with E-state index >= 15 is 0 Å². The summed E-state index contributed by atoms with van der Waals surface area (Å²) in [5, 5.41) is 0. The van der Waals surface area contributed by atoms with Gasteiger partial charge >= 0.3 is 0 Å². The fraction of sp³-hybridized carbons (Fsp3) is 0.364. The molecule has 0 aliphatic carbocycles. The molecule has 0 aromatic heterocycles. The Bertz CT molecular complexity index is 522. The molecule has 86 valence electrons. The molecule has 16 heavy (non-hydrogen) atoms. The second-order valence-electron chi connectivity index (χ2n) is 3.68. The molecule has 0 fully saturated rings. The van der Waals surface area contributed by atoms with E-state index in [0.717, 1.165) is 9.87 Å². The van der Waals surface area contributed by atoms with E-state index in [4.69, 9.17) is 0 Å². The maximum atomic E-state index is 12.0. The van der Waals surface area contributed by atoms with Gasteiger partial charge in [0.1, 0.15) is 0 Å². The Morgan fingerprint density at radius 2 is 2.00 bits per heavy atom. The van der Waals surface area contributed by atoms with E-state index in [1.807, 2.05) is 12.1 Å². The highest BCUT2D eigenvalue weighted by molar-refractivity contribution is 7.89. The molecule has 2 rings (SSSR count). The average molecular weight is 239 g/mol. The molecule has 1 heterocycles. The van der Waals surface area contributed by atoms with Gasteiger partial charge in [0.25, 0.3) is 5.91 Å². The molecule has 1 aromatic rings. The van der Waals surface area contributed by atoms with Crippen LogP contribution in [-0.4, -0.2) is 30.9 Å². The lowest BCUT2D eigenvalue weighted by atomic mass is 10.0. The third-order valence-corrected chi connectivity index (χ3v) is 4.51. The van der Waals surface area contributed by atoms with Crippen LogP contribution < -0.4 is 0 Å². The zero-order valence-corrected chi connectivity index (χ0v) is 9.83. The lowest BCUT2D eigenvalue weighted by molar-refractivity contribution is 0.0850. The highest BCUT2D eigenvalue weighted by Gasteiger charge is 2.31. The molecule has 0 saturated heterocycles. The minimum absolute atomic E-state index is 0.0408. The normalized spacial score (nSPS) is 16.1. The minimum Gasteiger partial charge on any atom is -0.268 e. The van der Waals surface area contributed by atoms with Crippen molar-refractivity contribution in [2.24, 2.45) is 0 Å². The summed E-state index contributed by atoms with van der Waals surface area (Å²) in [4.78, 5) is 12.0. The number of carbonyl (C=O) groups excluding carboxylic acids is 1. The monoisotopic (exact) mass is 239 g/mol. The smallest absolute Gasteiger partial charge is 0.267 e. The zero-order valence-electron chi connectivity index (χ0n) is 9.01. The fourth-order valence-corrected chi connectivity index (χ4v) is 2.86. The van der Waals surface area contributed by atoms with Crippen LogP contribution in [-0.2, 0) is 16.4 Å². The van der Waals surface area contributed by atoms with Crippen molar-refractivity contribution in [2.45, 2.75) is 13.3 Å². The molecule has 5 heteroatoms. The summed E-state index contributed by atoms with van der Waals surface area (Å²) in [6.07, 6.45) is 0.598. The van der Waals surface area contributed by atoms with E-state index in [1.54, 1.807) is 19.1 Å². The Morgan fingerprint density at radius 3 is 2.69 bits per heavy atom. The molecule has 0 spiro atoms. The third-order valence-electron chi connectivity index (χ3n) is 2.76. The molecule has 0 unspecified atom stereocenters. The van der Waals surface area contributed by atoms with Crippen LogP contribution in [0.4, 0.5) is 0 Å². The van der Waals surface area contributed by atoms with Crippen molar-refractivity contribution in [3.63, 3.8) is 0 Å². The van der Waals surface area contributed by atoms with Crippen molar-refractivity contribution in [1.82, 2.24) is 4.31 Å². The SMILES string of the molecule is CCS(=O)(=O)N1CCc2ccccc2C1=O. The van der Waals surface area contributed by atoms with Gasteiger partial charge in [0.05, 0.1) is 5.75 Å². The molecule has 1 aromatic carbocycles. The van der Waals surface area contributed by atoms with Crippen LogP contribution in [0.25, 0.3) is 0 Å². The predicted octanol–water partition coefficient (Wildman–Crippen LogP) is 1.03. The summed E-state index contributed by atoms with van der Waals surface area (Å²) in [7, 11) is -3.43. The summed E-state index contributed by atoms with van der Waals surface area (Å²) in [5.74, 6) is -0.440. The Labute approximate surface area is 94.9 Å². The second kappa shape index (κ2) is 3.90. The number of carbonyl (C=O) groups is 1. The van der Waals surface area contributed by atoms with E-state index in [1.165, 1.54) is 0 Å². The van der Waals surface area contributed by atoms with Crippen molar-refractivity contribution in [2.75, 3.05) is 12.3 Å². The summed E-state index contributed by atoms with van der Waals surface area (Å²) < 4.78 is 24.3. The Balaban J connectivity index is 2.43. The zero-order chi connectivity index (χ0) is 11.8. The highest BCUT2D eigenvalue weighted by atomic mass is 32.2. The molecule has 0 N–H and O–H groups in total. The van der Waals surface area contributed by atoms with Crippen LogP contribution in [0.5, 0.6) is 0 Å². The summed E-state index contributed by atoms with van der Waals surface area (Å²) >= 11 is 0. The first-order chi connectivity index (χ1) is 7.56. The predicted molar refractivity (Wildman–Crippen MR) is 60.6 cm³/mol. The van der Waals surface area contributed by atoms with Gasteiger partial charge < -0.3 is 0 Å². The molecule has 0 atom stereocenters. The number of nitrogens with zero attached hydrogens (tertiary/aromatic N) is 1. The lowest BCUT2D eigenvalue weighted by Crippen LogP contribution is -2.42. The van der Waals surface area contributed by atoms with Gasteiger partial charge in [-0.2, -0.15) is 0 Å². The largest absolute Gasteiger partial charge is 0.268 e. The average Bonchev–Trinajstić information content (AvgIpc) is 2.29. The van der Waals surface area contributed by atoms with E-state index in [2.05, 4.69) is 0 Å². The van der Waals surface area contributed by atoms with Gasteiger partial charge in [0.2, 0.25) is 10.0 Å². The standard InChI is InChI=1S/C11H13NO3S/c1-2-16(14,15)12-8-7-9-5-3-4-6-10(9)11(12)13/h3-6H,2,7-8H2,1H3. The molecule has 1 aliphatic heterocycles. The Morgan fingerprint density at radius 1 is 1.31 bits per heavy atom. The van der Waals surface area contributed by atoms with Gasteiger partial charge in [0.15, 0.2) is 0 Å². The summed E-state index contributed by atoms with van der Waals surface area (Å²) in [5.41, 5.74) is 1.43. The van der Waals surface area contributed by atoms with E-state index < -0.39 is 15.9 Å². The van der Waals surface area contributed by atoms with Crippen molar-refractivity contribution in [1.29, 1.82) is 0 Å². The van der Waals surface area contributed by atoms with Gasteiger partial charge in [-0.25, -0.2) is 12.7 Å². The first kappa shape index (κ1) is 11.1. The van der Waals surface area contributed by atoms with Crippen molar-refractivity contribution >= 4 is 15.9 Å². The molecular weight excluding hydrogens is 226 g/mol. The van der Waals surface area contributed by atoms with Crippen LogP contribution in [0.2, 0.25) is 0 Å². The maximum absolute atomic E-state index is 12.0. The van der Waals surface area contributed by atoms with Gasteiger partial charge in [-0.1, -0.05) is 18.2 Å². The number of benzene rings is 1. The lowest BCUT2D eigenvalue weighted by Gasteiger charge is -2.27. The number of fused-ring (bicyclic) bond motifs is 1. The molecule has 0 radical (unpaired) electrons. The summed E-state index contributed by atoms with van der Waals surface area (Å²) in [6, 6.07) is 7.15. The molecule has 4 nitrogen and oxygen atoms in total. The summed E-state index contributed by atoms with van der Waals surface area (Å²) in [6.45, 7) is 1.80. The van der Waals surface area contributed by atoms with Gasteiger partial charge in [0, 0.05) is 12.1 Å². The topological polar surface area (TPSA) is 54.5 Å². The number of sulfonamides is 1. The van der Waals surface area contributed by atoms with Crippen molar-refractivity contribution in [3.8, 4) is 0 Å². The minimum atomic E-state index is -3.43. The maximum Gasteiger partial charge on any atom is 0.267 e. The van der Waals surface area contributed by atoms with E-state index in [-0.39, 0.29) is 12.3 Å². The number of rotatable bonds is 2. The quantitative estimate of drug-likeness (QED) is 0.774. The van der Waals surface area contributed by atoms with Crippen LogP contribution >= 0.6 is 0 Å². The molecular formula is C11H13NO3S. The highest BCUT2D eigenvalue weighted by Crippen LogP contribution is 2.20. The van der Waals surface area contributed by atoms with Crippen LogP contribution in [0.15, 0.2) is 24.3 Å². The van der Waals surface area contributed by atoms with Crippen LogP contribution in [0.1, 0.15) is 22.8 Å². The first-order valence-electron chi connectivity index (χ1n) is 5.19. The third kappa shape index (κ3) is 1.71. The van der Waals surface area contributed by atoms with Crippen molar-refractivity contribution in [3.05, 3.63) is 35.4 Å². The van der Waals surface area contributed by atoms with E-state index in [0.29, 0.717) is 12.0 Å². The fourth-order valence-electron chi connectivity index (χ4n) is 1.83. The second-order valence-corrected chi connectivity index (χ2v) is 5.87. The molecule has 1 amide bonds. The van der Waals surface area contributed by atoms with E-state index in [9.17, 15) is 13.2 Å². The van der Waals surface area contributed by atoms with Crippen LogP contribution in [0.3, 0.4) is 0 Å². The molecule has 1 aliphatic rings. The first-order valence-corrected chi connectivity index (χ1v) is 6.80. The van der Waals surface area contributed by atoms with Crippen molar-refractivity contribution < 1.29 is 13.2 Å².